The van der Waals surface area contributed by atoms with Crippen molar-refractivity contribution >= 4 is 5.69 Å². The van der Waals surface area contributed by atoms with Gasteiger partial charge in [-0.2, -0.15) is 0 Å². The molecule has 0 spiro atoms. The predicted molar refractivity (Wildman–Crippen MR) is 130 cm³/mol. The second-order valence-electron chi connectivity index (χ2n) is 8.97. The molecule has 5 rings (SSSR count). The Morgan fingerprint density at radius 3 is 2.12 bits per heavy atom. The number of ether oxygens (including phenoxy) is 2. The number of hydrogen-bond acceptors (Lipinski definition) is 4. The molecule has 4 atom stereocenters. The van der Waals surface area contributed by atoms with Gasteiger partial charge in [0.15, 0.2) is 0 Å². The van der Waals surface area contributed by atoms with Crippen LogP contribution in [-0.2, 0) is 0 Å². The van der Waals surface area contributed by atoms with E-state index in [1.54, 1.807) is 14.2 Å². The van der Waals surface area contributed by atoms with Gasteiger partial charge >= 0.3 is 0 Å². The van der Waals surface area contributed by atoms with E-state index in [-0.39, 0.29) is 0 Å². The number of fused-ring (bicyclic) bond motifs is 2. The predicted octanol–water partition coefficient (Wildman–Crippen LogP) is 5.04. The van der Waals surface area contributed by atoms with Crippen molar-refractivity contribution < 1.29 is 9.47 Å². The van der Waals surface area contributed by atoms with Gasteiger partial charge in [0.1, 0.15) is 11.5 Å². The number of methoxy groups -OCH3 is 2. The largest absolute Gasteiger partial charge is 0.497 e. The van der Waals surface area contributed by atoms with Gasteiger partial charge in [-0.3, -0.25) is 4.90 Å². The highest BCUT2D eigenvalue weighted by molar-refractivity contribution is 5.62. The van der Waals surface area contributed by atoms with E-state index in [0.717, 1.165) is 23.7 Å². The molecule has 0 saturated carbocycles. The average molecular weight is 429 g/mol. The van der Waals surface area contributed by atoms with Gasteiger partial charge in [0.2, 0.25) is 0 Å². The van der Waals surface area contributed by atoms with Crippen LogP contribution < -0.4 is 14.4 Å². The van der Waals surface area contributed by atoms with E-state index >= 15 is 0 Å². The Kier molecular flexibility index (Phi) is 5.79. The summed E-state index contributed by atoms with van der Waals surface area (Å²) in [5.74, 6) is 2.69. The summed E-state index contributed by atoms with van der Waals surface area (Å²) >= 11 is 0. The highest BCUT2D eigenvalue weighted by Crippen LogP contribution is 2.47. The van der Waals surface area contributed by atoms with Crippen LogP contribution in [0.2, 0.25) is 0 Å². The third-order valence-corrected chi connectivity index (χ3v) is 7.38. The Hall–Kier alpha value is -2.98. The number of benzene rings is 3. The standard InChI is InChI=1S/C28H32N2O2/c1-29(24-18-23(31-2)14-15-25(24)32-3)27-22-16-17-30(19-22)28(27)26(20-10-6-4-7-11-20)21-12-8-5-9-13-21/h4-15,18,22,26-28H,16-17,19H2,1-3H3. The van der Waals surface area contributed by atoms with Crippen LogP contribution in [0.25, 0.3) is 0 Å². The molecule has 0 aromatic heterocycles. The van der Waals surface area contributed by atoms with Crippen molar-refractivity contribution in [1.29, 1.82) is 0 Å². The monoisotopic (exact) mass is 428 g/mol. The molecule has 0 radical (unpaired) electrons. The number of nitrogens with zero attached hydrogens (tertiary/aromatic N) is 2. The molecule has 32 heavy (non-hydrogen) atoms. The first kappa shape index (κ1) is 20.9. The van der Waals surface area contributed by atoms with Crippen LogP contribution in [0.1, 0.15) is 23.5 Å². The summed E-state index contributed by atoms with van der Waals surface area (Å²) in [6.07, 6.45) is 1.24. The van der Waals surface area contributed by atoms with Gasteiger partial charge in [-0.1, -0.05) is 60.7 Å². The van der Waals surface area contributed by atoms with E-state index in [1.165, 1.54) is 24.1 Å². The fourth-order valence-electron chi connectivity index (χ4n) is 5.95. The SMILES string of the molecule is COc1ccc(OC)c(N(C)C2C3CCN(C3)C2C(c2ccccc2)c2ccccc2)c1. The van der Waals surface area contributed by atoms with Crippen molar-refractivity contribution in [3.05, 3.63) is 90.0 Å². The van der Waals surface area contributed by atoms with Crippen molar-refractivity contribution in [3.63, 3.8) is 0 Å². The highest BCUT2D eigenvalue weighted by Gasteiger charge is 2.51. The molecule has 3 aromatic rings. The lowest BCUT2D eigenvalue weighted by Crippen LogP contribution is -2.52. The first-order valence-corrected chi connectivity index (χ1v) is 11.5. The van der Waals surface area contributed by atoms with E-state index in [0.29, 0.717) is 23.9 Å². The van der Waals surface area contributed by atoms with Crippen molar-refractivity contribution in [3.8, 4) is 11.5 Å². The Morgan fingerprint density at radius 2 is 1.53 bits per heavy atom. The second-order valence-corrected chi connectivity index (χ2v) is 8.97. The van der Waals surface area contributed by atoms with Crippen LogP contribution in [0.15, 0.2) is 78.9 Å². The molecule has 2 aliphatic rings. The molecule has 0 amide bonds. The quantitative estimate of drug-likeness (QED) is 0.526. The number of anilines is 1. The smallest absolute Gasteiger partial charge is 0.142 e. The fourth-order valence-corrected chi connectivity index (χ4v) is 5.95. The highest BCUT2D eigenvalue weighted by atomic mass is 16.5. The molecule has 4 nitrogen and oxygen atoms in total. The summed E-state index contributed by atoms with van der Waals surface area (Å²) in [5, 5.41) is 0. The van der Waals surface area contributed by atoms with Gasteiger partial charge in [0.05, 0.1) is 19.9 Å². The third kappa shape index (κ3) is 3.63. The Balaban J connectivity index is 1.59. The molecule has 4 heteroatoms. The summed E-state index contributed by atoms with van der Waals surface area (Å²) in [6.45, 7) is 2.33. The Bertz CT molecular complexity index is 1000. The van der Waals surface area contributed by atoms with E-state index in [2.05, 4.69) is 83.6 Å². The van der Waals surface area contributed by atoms with Gasteiger partial charge in [-0.05, 0) is 42.1 Å². The summed E-state index contributed by atoms with van der Waals surface area (Å²) in [4.78, 5) is 5.16. The zero-order valence-electron chi connectivity index (χ0n) is 19.1. The first-order chi connectivity index (χ1) is 15.7. The van der Waals surface area contributed by atoms with Crippen LogP contribution in [0.4, 0.5) is 5.69 Å². The number of likely N-dealkylation sites (N-methyl/N-ethyl adjacent to an activating group) is 1. The molecule has 0 N–H and O–H groups in total. The third-order valence-electron chi connectivity index (χ3n) is 7.38. The molecule has 2 heterocycles. The Morgan fingerprint density at radius 1 is 0.875 bits per heavy atom. The zero-order valence-corrected chi connectivity index (χ0v) is 19.1. The molecule has 2 fully saturated rings. The lowest BCUT2D eigenvalue weighted by atomic mass is 9.78. The Labute approximate surface area is 191 Å². The number of piperidine rings is 1. The van der Waals surface area contributed by atoms with Gasteiger partial charge < -0.3 is 14.4 Å². The van der Waals surface area contributed by atoms with E-state index < -0.39 is 0 Å². The normalized spacial score (nSPS) is 24.0. The van der Waals surface area contributed by atoms with Gasteiger partial charge in [0.25, 0.3) is 0 Å². The maximum absolute atomic E-state index is 5.76. The molecular formula is C28H32N2O2. The molecule has 3 aromatic carbocycles. The van der Waals surface area contributed by atoms with Crippen molar-refractivity contribution in [2.75, 3.05) is 39.3 Å². The minimum Gasteiger partial charge on any atom is -0.497 e. The van der Waals surface area contributed by atoms with Gasteiger partial charge in [0, 0.05) is 37.7 Å². The minimum atomic E-state index is 0.312. The van der Waals surface area contributed by atoms with Crippen LogP contribution >= 0.6 is 0 Å². The second kappa shape index (κ2) is 8.87. The lowest BCUT2D eigenvalue weighted by Gasteiger charge is -2.43. The molecule has 2 aliphatic heterocycles. The lowest BCUT2D eigenvalue weighted by molar-refractivity contribution is 0.216. The van der Waals surface area contributed by atoms with Crippen molar-refractivity contribution in [1.82, 2.24) is 4.90 Å². The zero-order chi connectivity index (χ0) is 22.1. The van der Waals surface area contributed by atoms with Gasteiger partial charge in [-0.15, -0.1) is 0 Å². The summed E-state index contributed by atoms with van der Waals surface area (Å²) in [7, 11) is 5.69. The molecule has 0 aliphatic carbocycles. The van der Waals surface area contributed by atoms with E-state index in [1.807, 2.05) is 12.1 Å². The fraction of sp³-hybridized carbons (Fsp3) is 0.357. The summed E-state index contributed by atoms with van der Waals surface area (Å²) in [5.41, 5.74) is 3.86. The summed E-state index contributed by atoms with van der Waals surface area (Å²) in [6, 6.07) is 28.9. The van der Waals surface area contributed by atoms with Crippen LogP contribution in [0, 0.1) is 5.92 Å². The van der Waals surface area contributed by atoms with Crippen LogP contribution in [0.5, 0.6) is 11.5 Å². The first-order valence-electron chi connectivity index (χ1n) is 11.5. The maximum Gasteiger partial charge on any atom is 0.142 e. The van der Waals surface area contributed by atoms with Gasteiger partial charge in [-0.25, -0.2) is 0 Å². The number of hydrogen-bond donors (Lipinski definition) is 0. The average Bonchev–Trinajstić information content (AvgIpc) is 3.47. The molecule has 2 saturated heterocycles. The van der Waals surface area contributed by atoms with Crippen molar-refractivity contribution in [2.24, 2.45) is 5.92 Å². The van der Waals surface area contributed by atoms with E-state index in [9.17, 15) is 0 Å². The number of rotatable bonds is 7. The topological polar surface area (TPSA) is 24.9 Å². The van der Waals surface area contributed by atoms with Crippen molar-refractivity contribution in [2.45, 2.75) is 24.4 Å². The molecular weight excluding hydrogens is 396 g/mol. The van der Waals surface area contributed by atoms with Crippen LogP contribution in [-0.4, -0.2) is 51.3 Å². The summed E-state index contributed by atoms with van der Waals surface area (Å²) < 4.78 is 11.3. The minimum absolute atomic E-state index is 0.312. The molecule has 166 valence electrons. The molecule has 2 bridgehead atoms. The maximum atomic E-state index is 5.76. The van der Waals surface area contributed by atoms with Crippen LogP contribution in [0.3, 0.4) is 0 Å². The molecule has 4 unspecified atom stereocenters. The van der Waals surface area contributed by atoms with E-state index in [4.69, 9.17) is 9.47 Å².